The van der Waals surface area contributed by atoms with Crippen molar-refractivity contribution in [2.45, 2.75) is 24.0 Å². The second-order valence-corrected chi connectivity index (χ2v) is 6.67. The van der Waals surface area contributed by atoms with Gasteiger partial charge in [0.1, 0.15) is 5.82 Å². The summed E-state index contributed by atoms with van der Waals surface area (Å²) in [5.41, 5.74) is 7.04. The Morgan fingerprint density at radius 1 is 1.50 bits per heavy atom. The molecule has 1 fully saturated rings. The van der Waals surface area contributed by atoms with Crippen LogP contribution in [0.2, 0.25) is 0 Å². The normalized spacial score (nSPS) is 24.9. The first-order valence-corrected chi connectivity index (χ1v) is 7.21. The molecule has 0 spiro atoms. The summed E-state index contributed by atoms with van der Waals surface area (Å²) in [5.74, 6) is 0.993. The smallest absolute Gasteiger partial charge is 0.124 e. The summed E-state index contributed by atoms with van der Waals surface area (Å²) < 4.78 is 14.0. The lowest BCUT2D eigenvalue weighted by Gasteiger charge is -2.26. The SMILES string of the molecule is NCC1(Cc2ccc(F)cc2Br)CCCS1. The third-order valence-electron chi connectivity index (χ3n) is 3.08. The first-order chi connectivity index (χ1) is 7.65. The fraction of sp³-hybridized carbons (Fsp3) is 0.500. The van der Waals surface area contributed by atoms with Gasteiger partial charge in [-0.3, -0.25) is 0 Å². The highest BCUT2D eigenvalue weighted by Crippen LogP contribution is 2.41. The van der Waals surface area contributed by atoms with Gasteiger partial charge in [0.05, 0.1) is 0 Å². The van der Waals surface area contributed by atoms with Gasteiger partial charge in [0, 0.05) is 15.8 Å². The Hall–Kier alpha value is -0.0600. The molecule has 0 amide bonds. The van der Waals surface area contributed by atoms with Gasteiger partial charge in [0.15, 0.2) is 0 Å². The van der Waals surface area contributed by atoms with Crippen molar-refractivity contribution in [1.82, 2.24) is 0 Å². The van der Waals surface area contributed by atoms with Crippen molar-refractivity contribution in [1.29, 1.82) is 0 Å². The van der Waals surface area contributed by atoms with Crippen molar-refractivity contribution in [3.63, 3.8) is 0 Å². The standard InChI is InChI=1S/C12H15BrFNS/c13-11-6-10(14)3-2-9(11)7-12(8-15)4-1-5-16-12/h2-3,6H,1,4-5,7-8,15H2. The Kier molecular flexibility index (Phi) is 3.93. The van der Waals surface area contributed by atoms with Crippen molar-refractivity contribution in [3.8, 4) is 0 Å². The molecule has 1 atom stereocenters. The van der Waals surface area contributed by atoms with Gasteiger partial charge in [-0.1, -0.05) is 22.0 Å². The van der Waals surface area contributed by atoms with Crippen LogP contribution in [0.25, 0.3) is 0 Å². The topological polar surface area (TPSA) is 26.0 Å². The van der Waals surface area contributed by atoms with E-state index in [2.05, 4.69) is 15.9 Å². The second-order valence-electron chi connectivity index (χ2n) is 4.25. The molecule has 2 N–H and O–H groups in total. The zero-order chi connectivity index (χ0) is 11.6. The third kappa shape index (κ3) is 2.60. The largest absolute Gasteiger partial charge is 0.329 e. The number of nitrogens with two attached hydrogens (primary N) is 1. The van der Waals surface area contributed by atoms with Crippen LogP contribution < -0.4 is 5.73 Å². The quantitative estimate of drug-likeness (QED) is 0.926. The van der Waals surface area contributed by atoms with E-state index in [-0.39, 0.29) is 10.6 Å². The minimum Gasteiger partial charge on any atom is -0.329 e. The second kappa shape index (κ2) is 5.07. The van der Waals surface area contributed by atoms with Crippen LogP contribution in [-0.4, -0.2) is 17.0 Å². The van der Waals surface area contributed by atoms with E-state index in [9.17, 15) is 4.39 Å². The molecule has 0 radical (unpaired) electrons. The van der Waals surface area contributed by atoms with Gasteiger partial charge in [0.2, 0.25) is 0 Å². The van der Waals surface area contributed by atoms with Crippen LogP contribution in [0.3, 0.4) is 0 Å². The Bertz CT molecular complexity index is 377. The Morgan fingerprint density at radius 3 is 2.88 bits per heavy atom. The van der Waals surface area contributed by atoms with Gasteiger partial charge in [-0.2, -0.15) is 11.8 Å². The first-order valence-electron chi connectivity index (χ1n) is 5.43. The molecule has 4 heteroatoms. The van der Waals surface area contributed by atoms with E-state index >= 15 is 0 Å². The Morgan fingerprint density at radius 2 is 2.31 bits per heavy atom. The molecule has 0 aliphatic carbocycles. The summed E-state index contributed by atoms with van der Waals surface area (Å²) in [6, 6.07) is 4.90. The van der Waals surface area contributed by atoms with Gasteiger partial charge >= 0.3 is 0 Å². The molecule has 0 aromatic heterocycles. The Balaban J connectivity index is 2.19. The minimum absolute atomic E-state index is 0.167. The van der Waals surface area contributed by atoms with Gasteiger partial charge in [-0.25, -0.2) is 4.39 Å². The maximum atomic E-state index is 13.0. The van der Waals surface area contributed by atoms with E-state index in [1.807, 2.05) is 17.8 Å². The van der Waals surface area contributed by atoms with Crippen LogP contribution in [0.5, 0.6) is 0 Å². The van der Waals surface area contributed by atoms with E-state index in [4.69, 9.17) is 5.73 Å². The summed E-state index contributed by atoms with van der Waals surface area (Å²) >= 11 is 5.38. The van der Waals surface area contributed by atoms with Crippen LogP contribution in [0, 0.1) is 5.82 Å². The molecule has 1 heterocycles. The highest BCUT2D eigenvalue weighted by Gasteiger charge is 2.33. The van der Waals surface area contributed by atoms with Crippen molar-refractivity contribution >= 4 is 27.7 Å². The zero-order valence-corrected chi connectivity index (χ0v) is 11.4. The third-order valence-corrected chi connectivity index (χ3v) is 5.44. The molecule has 0 bridgehead atoms. The Labute approximate surface area is 108 Å². The van der Waals surface area contributed by atoms with Crippen molar-refractivity contribution < 1.29 is 4.39 Å². The summed E-state index contributed by atoms with van der Waals surface area (Å²) in [5, 5.41) is 0. The molecule has 16 heavy (non-hydrogen) atoms. The predicted octanol–water partition coefficient (Wildman–Crippen LogP) is 3.36. The first kappa shape index (κ1) is 12.4. The number of hydrogen-bond donors (Lipinski definition) is 1. The number of benzene rings is 1. The highest BCUT2D eigenvalue weighted by atomic mass is 79.9. The summed E-state index contributed by atoms with van der Waals surface area (Å²) in [4.78, 5) is 0. The van der Waals surface area contributed by atoms with E-state index in [0.29, 0.717) is 6.54 Å². The zero-order valence-electron chi connectivity index (χ0n) is 9.01. The van der Waals surface area contributed by atoms with E-state index in [1.165, 1.54) is 24.3 Å². The molecule has 1 unspecified atom stereocenters. The summed E-state index contributed by atoms with van der Waals surface area (Å²) in [6.45, 7) is 0.696. The number of halogens is 2. The van der Waals surface area contributed by atoms with Gasteiger partial charge in [-0.05, 0) is 42.7 Å². The van der Waals surface area contributed by atoms with E-state index in [0.717, 1.165) is 22.9 Å². The predicted molar refractivity (Wildman–Crippen MR) is 71.3 cm³/mol. The van der Waals surface area contributed by atoms with Crippen molar-refractivity contribution in [2.24, 2.45) is 5.73 Å². The monoisotopic (exact) mass is 303 g/mol. The van der Waals surface area contributed by atoms with Gasteiger partial charge in [0.25, 0.3) is 0 Å². The van der Waals surface area contributed by atoms with Crippen LogP contribution in [-0.2, 0) is 6.42 Å². The van der Waals surface area contributed by atoms with E-state index in [1.54, 1.807) is 0 Å². The lowest BCUT2D eigenvalue weighted by molar-refractivity contribution is 0.562. The molecule has 1 nitrogen and oxygen atoms in total. The van der Waals surface area contributed by atoms with Crippen molar-refractivity contribution in [2.75, 3.05) is 12.3 Å². The number of hydrogen-bond acceptors (Lipinski definition) is 2. The molecule has 2 rings (SSSR count). The molecular weight excluding hydrogens is 289 g/mol. The van der Waals surface area contributed by atoms with Crippen LogP contribution in [0.1, 0.15) is 18.4 Å². The van der Waals surface area contributed by atoms with Gasteiger partial charge in [-0.15, -0.1) is 0 Å². The van der Waals surface area contributed by atoms with E-state index < -0.39 is 0 Å². The summed E-state index contributed by atoms with van der Waals surface area (Å²) in [7, 11) is 0. The average Bonchev–Trinajstić information content (AvgIpc) is 2.72. The fourth-order valence-corrected chi connectivity index (χ4v) is 4.02. The molecule has 1 saturated heterocycles. The molecule has 1 aliphatic heterocycles. The lowest BCUT2D eigenvalue weighted by Crippen LogP contribution is -2.34. The number of rotatable bonds is 3. The van der Waals surface area contributed by atoms with Crippen LogP contribution in [0.4, 0.5) is 4.39 Å². The molecule has 0 saturated carbocycles. The van der Waals surface area contributed by atoms with Gasteiger partial charge < -0.3 is 5.73 Å². The highest BCUT2D eigenvalue weighted by molar-refractivity contribution is 9.10. The molecule has 1 aliphatic rings. The van der Waals surface area contributed by atoms with Crippen molar-refractivity contribution in [3.05, 3.63) is 34.1 Å². The minimum atomic E-state index is -0.198. The summed E-state index contributed by atoms with van der Waals surface area (Å²) in [6.07, 6.45) is 3.33. The molecular formula is C12H15BrFNS. The fourth-order valence-electron chi connectivity index (χ4n) is 2.14. The lowest BCUT2D eigenvalue weighted by atomic mass is 9.94. The van der Waals surface area contributed by atoms with Crippen LogP contribution >= 0.6 is 27.7 Å². The number of thioether (sulfide) groups is 1. The molecule has 1 aromatic carbocycles. The molecule has 1 aromatic rings. The molecule has 88 valence electrons. The average molecular weight is 304 g/mol. The van der Waals surface area contributed by atoms with Crippen LogP contribution in [0.15, 0.2) is 22.7 Å². The maximum absolute atomic E-state index is 13.0. The maximum Gasteiger partial charge on any atom is 0.124 e.